The fourth-order valence-electron chi connectivity index (χ4n) is 4.25. The third kappa shape index (κ3) is 3.55. The second-order valence-electron chi connectivity index (χ2n) is 7.81. The fourth-order valence-corrected chi connectivity index (χ4v) is 4.96. The summed E-state index contributed by atoms with van der Waals surface area (Å²) in [7, 11) is -3.28. The molecule has 0 saturated heterocycles. The Bertz CT molecular complexity index is 1240. The third-order valence-corrected chi connectivity index (χ3v) is 6.95. The van der Waals surface area contributed by atoms with Gasteiger partial charge in [0.2, 0.25) is 0 Å². The van der Waals surface area contributed by atoms with Crippen LogP contribution in [-0.2, 0) is 34.0 Å². The molecule has 152 valence electrons. The van der Waals surface area contributed by atoms with E-state index in [4.69, 9.17) is 0 Å². The number of rotatable bonds is 4. The van der Waals surface area contributed by atoms with Gasteiger partial charge in [-0.25, -0.2) is 12.8 Å². The Kier molecular flexibility index (Phi) is 4.73. The minimum Gasteiger partial charge on any atom is -0.481 e. The molecule has 1 aliphatic heterocycles. The number of halogens is 1. The second kappa shape index (κ2) is 6.99. The molecule has 5 nitrogen and oxygen atoms in total. The van der Waals surface area contributed by atoms with Gasteiger partial charge in [-0.2, -0.15) is 0 Å². The van der Waals surface area contributed by atoms with Gasteiger partial charge in [-0.15, -0.1) is 0 Å². The molecule has 1 unspecified atom stereocenters. The quantitative estimate of drug-likeness (QED) is 0.704. The lowest BCUT2D eigenvalue weighted by Crippen LogP contribution is -2.26. The highest BCUT2D eigenvalue weighted by Gasteiger charge is 2.28. The van der Waals surface area contributed by atoms with Crippen molar-refractivity contribution in [2.24, 2.45) is 5.92 Å². The molecule has 1 atom stereocenters. The van der Waals surface area contributed by atoms with Crippen LogP contribution in [0.4, 0.5) is 4.39 Å². The van der Waals surface area contributed by atoms with Crippen molar-refractivity contribution < 1.29 is 22.7 Å². The van der Waals surface area contributed by atoms with E-state index in [1.165, 1.54) is 18.4 Å². The van der Waals surface area contributed by atoms with Crippen LogP contribution in [0.1, 0.15) is 28.8 Å². The molecule has 4 rings (SSSR count). The third-order valence-electron chi connectivity index (χ3n) is 5.84. The number of aromatic nitrogens is 1. The molecule has 29 heavy (non-hydrogen) atoms. The van der Waals surface area contributed by atoms with Crippen molar-refractivity contribution in [2.45, 2.75) is 37.6 Å². The van der Waals surface area contributed by atoms with Crippen LogP contribution < -0.4 is 0 Å². The molecule has 0 saturated carbocycles. The average molecular weight is 415 g/mol. The van der Waals surface area contributed by atoms with Crippen LogP contribution in [-0.4, -0.2) is 30.3 Å². The summed E-state index contributed by atoms with van der Waals surface area (Å²) in [5.41, 5.74) is 4.69. The predicted octanol–water partition coefficient (Wildman–Crippen LogP) is 3.73. The van der Waals surface area contributed by atoms with Gasteiger partial charge < -0.3 is 9.67 Å². The molecular weight excluding hydrogens is 393 g/mol. The number of fused-ring (bicyclic) bond motifs is 3. The standard InChI is InChI=1S/C22H22FNO4S/c1-13-9-17(29(2,27)28)6-3-14(13)10-18-19-11-16(23)5-8-21(19)24-12-15(22(25)26)4-7-20(18)24/h3,5-6,8-9,11,15H,4,7,10,12H2,1-2H3,(H,25,26). The number of benzene rings is 2. The van der Waals surface area contributed by atoms with Crippen LogP contribution >= 0.6 is 0 Å². The Hall–Kier alpha value is -2.67. The molecule has 0 fully saturated rings. The Morgan fingerprint density at radius 3 is 2.66 bits per heavy atom. The summed E-state index contributed by atoms with van der Waals surface area (Å²) in [5, 5.41) is 10.2. The highest BCUT2D eigenvalue weighted by molar-refractivity contribution is 7.90. The molecular formula is C22H22FNO4S. The lowest BCUT2D eigenvalue weighted by atomic mass is 9.93. The van der Waals surface area contributed by atoms with Gasteiger partial charge in [0, 0.05) is 35.8 Å². The summed E-state index contributed by atoms with van der Waals surface area (Å²) in [6.07, 6.45) is 2.88. The van der Waals surface area contributed by atoms with Crippen LogP contribution in [0.15, 0.2) is 41.3 Å². The molecule has 2 aromatic carbocycles. The van der Waals surface area contributed by atoms with Crippen molar-refractivity contribution in [3.05, 3.63) is 64.6 Å². The molecule has 0 bridgehead atoms. The number of carbonyl (C=O) groups is 1. The first kappa shape index (κ1) is 19.6. The summed E-state index contributed by atoms with van der Waals surface area (Å²) in [4.78, 5) is 11.8. The monoisotopic (exact) mass is 415 g/mol. The van der Waals surface area contributed by atoms with Gasteiger partial charge in [0.1, 0.15) is 5.82 Å². The summed E-state index contributed by atoms with van der Waals surface area (Å²) < 4.78 is 39.6. The number of sulfone groups is 1. The molecule has 1 aromatic heterocycles. The maximum absolute atomic E-state index is 14.0. The molecule has 1 aliphatic rings. The van der Waals surface area contributed by atoms with E-state index in [1.54, 1.807) is 18.2 Å². The number of carboxylic acids is 1. The van der Waals surface area contributed by atoms with Crippen LogP contribution in [0.5, 0.6) is 0 Å². The topological polar surface area (TPSA) is 76.4 Å². The summed E-state index contributed by atoms with van der Waals surface area (Å²) in [6, 6.07) is 9.69. The molecule has 2 heterocycles. The number of nitrogens with zero attached hydrogens (tertiary/aromatic N) is 1. The maximum Gasteiger partial charge on any atom is 0.308 e. The number of aliphatic carboxylic acids is 1. The first-order valence-corrected chi connectivity index (χ1v) is 11.4. The van der Waals surface area contributed by atoms with Crippen LogP contribution in [0.25, 0.3) is 10.9 Å². The van der Waals surface area contributed by atoms with E-state index in [0.29, 0.717) is 25.8 Å². The van der Waals surface area contributed by atoms with Gasteiger partial charge in [0.25, 0.3) is 0 Å². The van der Waals surface area contributed by atoms with E-state index in [0.717, 1.165) is 33.3 Å². The molecule has 7 heteroatoms. The van der Waals surface area contributed by atoms with E-state index in [9.17, 15) is 22.7 Å². The van der Waals surface area contributed by atoms with E-state index in [-0.39, 0.29) is 10.7 Å². The fraction of sp³-hybridized carbons (Fsp3) is 0.318. The minimum absolute atomic E-state index is 0.276. The van der Waals surface area contributed by atoms with Crippen molar-refractivity contribution in [2.75, 3.05) is 6.26 Å². The Morgan fingerprint density at radius 1 is 1.24 bits per heavy atom. The van der Waals surface area contributed by atoms with Crippen molar-refractivity contribution in [1.82, 2.24) is 4.57 Å². The van der Waals surface area contributed by atoms with E-state index in [2.05, 4.69) is 0 Å². The van der Waals surface area contributed by atoms with Crippen LogP contribution in [0.3, 0.4) is 0 Å². The van der Waals surface area contributed by atoms with Crippen molar-refractivity contribution in [1.29, 1.82) is 0 Å². The highest BCUT2D eigenvalue weighted by atomic mass is 32.2. The summed E-state index contributed by atoms with van der Waals surface area (Å²) in [5.74, 6) is -1.60. The lowest BCUT2D eigenvalue weighted by Gasteiger charge is -2.23. The predicted molar refractivity (Wildman–Crippen MR) is 108 cm³/mol. The lowest BCUT2D eigenvalue weighted by molar-refractivity contribution is -0.142. The zero-order valence-electron chi connectivity index (χ0n) is 16.3. The van der Waals surface area contributed by atoms with Crippen molar-refractivity contribution in [3.63, 3.8) is 0 Å². The van der Waals surface area contributed by atoms with Gasteiger partial charge in [0.05, 0.1) is 10.8 Å². The zero-order chi connectivity index (χ0) is 20.9. The number of carboxylic acid groups (broad SMARTS) is 1. The normalized spacial score (nSPS) is 16.7. The highest BCUT2D eigenvalue weighted by Crippen LogP contribution is 2.35. The largest absolute Gasteiger partial charge is 0.481 e. The van der Waals surface area contributed by atoms with Gasteiger partial charge in [-0.3, -0.25) is 4.79 Å². The number of hydrogen-bond acceptors (Lipinski definition) is 3. The van der Waals surface area contributed by atoms with Crippen LogP contribution in [0, 0.1) is 18.7 Å². The van der Waals surface area contributed by atoms with Gasteiger partial charge in [-0.05, 0) is 66.8 Å². The molecule has 0 radical (unpaired) electrons. The first-order chi connectivity index (χ1) is 13.6. The van der Waals surface area contributed by atoms with Crippen LogP contribution in [0.2, 0.25) is 0 Å². The Morgan fingerprint density at radius 2 is 2.00 bits per heavy atom. The number of hydrogen-bond donors (Lipinski definition) is 1. The summed E-state index contributed by atoms with van der Waals surface area (Å²) >= 11 is 0. The molecule has 0 aliphatic carbocycles. The molecule has 1 N–H and O–H groups in total. The Balaban J connectivity index is 1.83. The summed E-state index contributed by atoms with van der Waals surface area (Å²) in [6.45, 7) is 2.24. The molecule has 3 aromatic rings. The number of aryl methyl sites for hydroxylation is 1. The minimum atomic E-state index is -3.28. The Labute approximate surface area is 168 Å². The smallest absolute Gasteiger partial charge is 0.308 e. The van der Waals surface area contributed by atoms with Gasteiger partial charge >= 0.3 is 5.97 Å². The van der Waals surface area contributed by atoms with Crippen molar-refractivity contribution >= 4 is 26.7 Å². The zero-order valence-corrected chi connectivity index (χ0v) is 17.1. The van der Waals surface area contributed by atoms with Crippen molar-refractivity contribution in [3.8, 4) is 0 Å². The van der Waals surface area contributed by atoms with E-state index in [1.807, 2.05) is 17.6 Å². The van der Waals surface area contributed by atoms with Gasteiger partial charge in [-0.1, -0.05) is 6.07 Å². The maximum atomic E-state index is 14.0. The van der Waals surface area contributed by atoms with Gasteiger partial charge in [0.15, 0.2) is 9.84 Å². The van der Waals surface area contributed by atoms with E-state index < -0.39 is 21.7 Å². The first-order valence-electron chi connectivity index (χ1n) is 9.47. The molecule has 0 spiro atoms. The molecule has 0 amide bonds. The SMILES string of the molecule is Cc1cc(S(C)(=O)=O)ccc1Cc1c2n(c3ccc(F)cc13)CC(C(=O)O)CC2. The van der Waals surface area contributed by atoms with E-state index >= 15 is 0 Å². The second-order valence-corrected chi connectivity index (χ2v) is 9.82. The average Bonchev–Trinajstić information content (AvgIpc) is 2.94.